The summed E-state index contributed by atoms with van der Waals surface area (Å²) in [7, 11) is 1.30. The first kappa shape index (κ1) is 14.8. The number of ether oxygens (including phenoxy) is 1. The van der Waals surface area contributed by atoms with Crippen LogP contribution >= 0.6 is 31.9 Å². The molecule has 1 aromatic heterocycles. The molecular weight excluding hydrogens is 390 g/mol. The second-order valence-corrected chi connectivity index (χ2v) is 5.65. The van der Waals surface area contributed by atoms with Crippen molar-refractivity contribution in [3.8, 4) is 0 Å². The van der Waals surface area contributed by atoms with Gasteiger partial charge >= 0.3 is 5.97 Å². The number of nitrogens with zero attached hydrogens (tertiary/aromatic N) is 1. The van der Waals surface area contributed by atoms with Gasteiger partial charge in [-0.3, -0.25) is 0 Å². The van der Waals surface area contributed by atoms with Gasteiger partial charge in [0.25, 0.3) is 0 Å². The van der Waals surface area contributed by atoms with E-state index >= 15 is 0 Å². The molecule has 0 fully saturated rings. The van der Waals surface area contributed by atoms with Crippen molar-refractivity contribution in [2.45, 2.75) is 0 Å². The van der Waals surface area contributed by atoms with E-state index in [-0.39, 0.29) is 5.69 Å². The number of hydrogen-bond donors (Lipinski definition) is 2. The third kappa shape index (κ3) is 3.29. The maximum Gasteiger partial charge on any atom is 0.356 e. The third-order valence-corrected chi connectivity index (χ3v) is 3.65. The topological polar surface area (TPSA) is 77.2 Å². The lowest BCUT2D eigenvalue weighted by Gasteiger charge is -2.11. The van der Waals surface area contributed by atoms with E-state index in [0.717, 1.165) is 14.6 Å². The first-order valence-corrected chi connectivity index (χ1v) is 7.17. The van der Waals surface area contributed by atoms with Crippen molar-refractivity contribution in [1.82, 2.24) is 4.98 Å². The van der Waals surface area contributed by atoms with E-state index in [4.69, 9.17) is 5.73 Å². The van der Waals surface area contributed by atoms with Crippen molar-refractivity contribution in [1.29, 1.82) is 0 Å². The van der Waals surface area contributed by atoms with Crippen molar-refractivity contribution in [3.05, 3.63) is 45.0 Å². The minimum Gasteiger partial charge on any atom is -0.464 e. The molecule has 0 aliphatic heterocycles. The summed E-state index contributed by atoms with van der Waals surface area (Å²) in [5, 5.41) is 3.08. The molecule has 5 nitrogen and oxygen atoms in total. The van der Waals surface area contributed by atoms with Crippen molar-refractivity contribution in [2.24, 2.45) is 0 Å². The minimum absolute atomic E-state index is 0.192. The van der Waals surface area contributed by atoms with Crippen LogP contribution in [0.1, 0.15) is 10.5 Å². The summed E-state index contributed by atoms with van der Waals surface area (Å²) < 4.78 is 6.42. The monoisotopic (exact) mass is 399 g/mol. The van der Waals surface area contributed by atoms with Crippen molar-refractivity contribution in [2.75, 3.05) is 18.2 Å². The molecule has 0 atom stereocenters. The zero-order valence-corrected chi connectivity index (χ0v) is 13.7. The normalized spacial score (nSPS) is 10.2. The highest BCUT2D eigenvalue weighted by molar-refractivity contribution is 9.11. The van der Waals surface area contributed by atoms with Crippen LogP contribution < -0.4 is 11.1 Å². The second kappa shape index (κ2) is 6.23. The summed E-state index contributed by atoms with van der Waals surface area (Å²) in [6.45, 7) is 0. The van der Waals surface area contributed by atoms with Gasteiger partial charge in [-0.05, 0) is 46.3 Å². The van der Waals surface area contributed by atoms with E-state index in [0.29, 0.717) is 11.5 Å². The van der Waals surface area contributed by atoms with Crippen LogP contribution in [0.4, 0.5) is 17.2 Å². The number of methoxy groups -OCH3 is 1. The second-order valence-electron chi connectivity index (χ2n) is 3.88. The number of nitrogens with one attached hydrogen (secondary N) is 1. The summed E-state index contributed by atoms with van der Waals surface area (Å²) in [5.41, 5.74) is 7.27. The number of rotatable bonds is 3. The first-order valence-electron chi connectivity index (χ1n) is 5.58. The zero-order chi connectivity index (χ0) is 14.7. The summed E-state index contributed by atoms with van der Waals surface area (Å²) >= 11 is 6.81. The minimum atomic E-state index is -0.511. The number of nitrogens with two attached hydrogens (primary N) is 1. The van der Waals surface area contributed by atoms with E-state index in [2.05, 4.69) is 46.9 Å². The average molecular weight is 401 g/mol. The predicted octanol–water partition coefficient (Wildman–Crippen LogP) is 3.72. The number of anilines is 3. The fraction of sp³-hybridized carbons (Fsp3) is 0.0769. The molecule has 3 N–H and O–H groups in total. The molecule has 104 valence electrons. The summed E-state index contributed by atoms with van der Waals surface area (Å²) in [4.78, 5) is 15.6. The molecule has 0 bridgehead atoms. The molecule has 0 saturated heterocycles. The van der Waals surface area contributed by atoms with Crippen LogP contribution in [0, 0.1) is 0 Å². The number of pyridine rings is 1. The van der Waals surface area contributed by atoms with Crippen LogP contribution in [0.25, 0.3) is 0 Å². The quantitative estimate of drug-likeness (QED) is 0.767. The predicted molar refractivity (Wildman–Crippen MR) is 85.1 cm³/mol. The largest absolute Gasteiger partial charge is 0.464 e. The van der Waals surface area contributed by atoms with Gasteiger partial charge in [0, 0.05) is 8.95 Å². The molecule has 0 spiro atoms. The van der Waals surface area contributed by atoms with Gasteiger partial charge in [-0.25, -0.2) is 9.78 Å². The van der Waals surface area contributed by atoms with Gasteiger partial charge in [0.05, 0.1) is 18.5 Å². The van der Waals surface area contributed by atoms with Gasteiger partial charge in [0.15, 0.2) is 11.5 Å². The summed E-state index contributed by atoms with van der Waals surface area (Å²) in [6, 6.07) is 8.76. The smallest absolute Gasteiger partial charge is 0.356 e. The lowest BCUT2D eigenvalue weighted by atomic mass is 10.3. The number of benzene rings is 1. The molecule has 0 aliphatic carbocycles. The Labute approximate surface area is 132 Å². The Balaban J connectivity index is 2.35. The Bertz CT molecular complexity index is 662. The maximum atomic E-state index is 11.5. The highest BCUT2D eigenvalue weighted by Crippen LogP contribution is 2.30. The zero-order valence-electron chi connectivity index (χ0n) is 10.5. The molecule has 0 unspecified atom stereocenters. The van der Waals surface area contributed by atoms with Crippen LogP contribution in [0.5, 0.6) is 0 Å². The molecule has 7 heteroatoms. The average Bonchev–Trinajstić information content (AvgIpc) is 2.43. The molecule has 2 rings (SSSR count). The Hall–Kier alpha value is -1.60. The van der Waals surface area contributed by atoms with E-state index in [1.807, 2.05) is 18.2 Å². The van der Waals surface area contributed by atoms with Gasteiger partial charge in [-0.15, -0.1) is 0 Å². The van der Waals surface area contributed by atoms with Crippen LogP contribution in [-0.4, -0.2) is 18.1 Å². The van der Waals surface area contributed by atoms with Crippen LogP contribution in [0.3, 0.4) is 0 Å². The van der Waals surface area contributed by atoms with Gasteiger partial charge in [0.1, 0.15) is 0 Å². The van der Waals surface area contributed by atoms with Crippen LogP contribution in [0.15, 0.2) is 39.3 Å². The Kier molecular flexibility index (Phi) is 4.61. The maximum absolute atomic E-state index is 11.5. The molecule has 1 aromatic carbocycles. The van der Waals surface area contributed by atoms with E-state index < -0.39 is 5.97 Å². The standard InChI is InChI=1S/C13H11Br2N3O2/c1-20-13(19)11-5-3-9(16)12(18-11)17-10-4-2-7(14)6-8(10)15/h2-6H,16H2,1H3,(H,17,18). The van der Waals surface area contributed by atoms with E-state index in [1.165, 1.54) is 13.2 Å². The fourth-order valence-corrected chi connectivity index (χ4v) is 2.65. The van der Waals surface area contributed by atoms with E-state index in [1.54, 1.807) is 6.07 Å². The molecule has 0 amide bonds. The van der Waals surface area contributed by atoms with Gasteiger partial charge in [-0.1, -0.05) is 15.9 Å². The van der Waals surface area contributed by atoms with Crippen molar-refractivity contribution >= 4 is 55.0 Å². The Morgan fingerprint density at radius 2 is 2.05 bits per heavy atom. The molecule has 0 saturated carbocycles. The lowest BCUT2D eigenvalue weighted by Crippen LogP contribution is -2.08. The van der Waals surface area contributed by atoms with Gasteiger partial charge in [-0.2, -0.15) is 0 Å². The fourth-order valence-electron chi connectivity index (χ4n) is 1.51. The van der Waals surface area contributed by atoms with Gasteiger partial charge in [0.2, 0.25) is 0 Å². The van der Waals surface area contributed by atoms with Crippen molar-refractivity contribution in [3.63, 3.8) is 0 Å². The number of aromatic nitrogens is 1. The summed E-state index contributed by atoms with van der Waals surface area (Å²) in [5.74, 6) is -0.112. The summed E-state index contributed by atoms with van der Waals surface area (Å²) in [6.07, 6.45) is 0. The molecule has 1 heterocycles. The highest BCUT2D eigenvalue weighted by Gasteiger charge is 2.11. The van der Waals surface area contributed by atoms with Crippen LogP contribution in [0.2, 0.25) is 0 Å². The number of halogens is 2. The Morgan fingerprint density at radius 1 is 1.30 bits per heavy atom. The number of esters is 1. The lowest BCUT2D eigenvalue weighted by molar-refractivity contribution is 0.0594. The number of carbonyl (C=O) groups is 1. The first-order chi connectivity index (χ1) is 9.51. The Morgan fingerprint density at radius 3 is 2.70 bits per heavy atom. The highest BCUT2D eigenvalue weighted by atomic mass is 79.9. The number of hydrogen-bond acceptors (Lipinski definition) is 5. The number of nitrogen functional groups attached to an aromatic ring is 1. The van der Waals surface area contributed by atoms with Crippen LogP contribution in [-0.2, 0) is 4.74 Å². The van der Waals surface area contributed by atoms with Crippen molar-refractivity contribution < 1.29 is 9.53 Å². The molecule has 0 aliphatic rings. The molecule has 0 radical (unpaired) electrons. The van der Waals surface area contributed by atoms with E-state index in [9.17, 15) is 4.79 Å². The number of carbonyl (C=O) groups excluding carboxylic acids is 1. The molecular formula is C13H11Br2N3O2. The molecule has 20 heavy (non-hydrogen) atoms. The SMILES string of the molecule is COC(=O)c1ccc(N)c(Nc2ccc(Br)cc2Br)n1. The molecule has 2 aromatic rings. The third-order valence-electron chi connectivity index (χ3n) is 2.51. The van der Waals surface area contributed by atoms with Gasteiger partial charge < -0.3 is 15.8 Å².